The molecular formula is C25H27FN4O3S3. The van der Waals surface area contributed by atoms with E-state index >= 15 is 4.39 Å². The number of amides is 2. The third kappa shape index (κ3) is 6.21. The number of nitrogens with one attached hydrogen (secondary N) is 2. The van der Waals surface area contributed by atoms with Gasteiger partial charge in [-0.05, 0) is 48.4 Å². The summed E-state index contributed by atoms with van der Waals surface area (Å²) >= 11 is 2.56. The summed E-state index contributed by atoms with van der Waals surface area (Å²) in [5.41, 5.74) is 1.27. The van der Waals surface area contributed by atoms with E-state index in [0.717, 1.165) is 26.9 Å². The largest absolute Gasteiger partial charge is 0.332 e. The summed E-state index contributed by atoms with van der Waals surface area (Å²) in [6, 6.07) is 9.37. The van der Waals surface area contributed by atoms with Crippen molar-refractivity contribution < 1.29 is 17.6 Å². The van der Waals surface area contributed by atoms with Crippen molar-refractivity contribution in [2.24, 2.45) is 5.92 Å². The smallest absolute Gasteiger partial charge is 0.329 e. The molecule has 3 heterocycles. The fraction of sp³-hybridized carbons (Fsp3) is 0.280. The normalized spacial score (nSPS) is 11.7. The van der Waals surface area contributed by atoms with Gasteiger partial charge in [0.25, 0.3) is 10.0 Å². The highest BCUT2D eigenvalue weighted by atomic mass is 32.2. The van der Waals surface area contributed by atoms with Crippen molar-refractivity contribution in [1.82, 2.24) is 19.6 Å². The summed E-state index contributed by atoms with van der Waals surface area (Å²) in [5.74, 6) is 0.625. The molecule has 2 N–H and O–H groups in total. The Kier molecular flexibility index (Phi) is 7.91. The van der Waals surface area contributed by atoms with Gasteiger partial charge in [-0.3, -0.25) is 0 Å². The SMILES string of the molecule is Cc1nccn1Cc1ccc(-c2cc(CC(C)C)sc2S(=O)(=O)NC(=O)NCc2cccs2)cc1F. The number of nitrogens with zero attached hydrogens (tertiary/aromatic N) is 2. The molecule has 0 unspecified atom stereocenters. The van der Waals surface area contributed by atoms with E-state index in [2.05, 4.69) is 15.0 Å². The highest BCUT2D eigenvalue weighted by Crippen LogP contribution is 2.37. The lowest BCUT2D eigenvalue weighted by Gasteiger charge is -2.11. The first-order valence-corrected chi connectivity index (χ1v) is 14.5. The third-order valence-electron chi connectivity index (χ3n) is 5.46. The molecule has 4 rings (SSSR count). The molecule has 0 fully saturated rings. The van der Waals surface area contributed by atoms with Gasteiger partial charge < -0.3 is 9.88 Å². The van der Waals surface area contributed by atoms with E-state index in [-0.39, 0.29) is 10.8 Å². The quantitative estimate of drug-likeness (QED) is 0.288. The molecule has 11 heteroatoms. The molecule has 4 aromatic rings. The zero-order valence-corrected chi connectivity index (χ0v) is 22.6. The average Bonchev–Trinajstić information content (AvgIpc) is 3.55. The Morgan fingerprint density at radius 2 is 2.00 bits per heavy atom. The average molecular weight is 547 g/mol. The monoisotopic (exact) mass is 546 g/mol. The minimum absolute atomic E-state index is 0.0120. The molecule has 0 aliphatic heterocycles. The number of halogens is 1. The number of hydrogen-bond donors (Lipinski definition) is 2. The van der Waals surface area contributed by atoms with Gasteiger partial charge in [0.1, 0.15) is 15.9 Å². The molecule has 0 aliphatic rings. The second-order valence-corrected chi connectivity index (χ2v) is 12.8. The van der Waals surface area contributed by atoms with Crippen LogP contribution in [-0.4, -0.2) is 24.0 Å². The van der Waals surface area contributed by atoms with Crippen molar-refractivity contribution >= 4 is 38.7 Å². The molecule has 190 valence electrons. The fourth-order valence-corrected chi connectivity index (χ4v) is 7.23. The van der Waals surface area contributed by atoms with Crippen LogP contribution in [0.4, 0.5) is 9.18 Å². The van der Waals surface area contributed by atoms with E-state index in [1.165, 1.54) is 17.4 Å². The Labute approximate surface area is 218 Å². The zero-order valence-electron chi connectivity index (χ0n) is 20.1. The molecule has 1 aromatic carbocycles. The van der Waals surface area contributed by atoms with Crippen LogP contribution in [0.5, 0.6) is 0 Å². The molecule has 3 aromatic heterocycles. The van der Waals surface area contributed by atoms with Crippen LogP contribution in [0.2, 0.25) is 0 Å². The van der Waals surface area contributed by atoms with Crippen molar-refractivity contribution in [3.63, 3.8) is 0 Å². The van der Waals surface area contributed by atoms with Crippen LogP contribution in [0.25, 0.3) is 11.1 Å². The van der Waals surface area contributed by atoms with Crippen LogP contribution in [-0.2, 0) is 29.5 Å². The number of aryl methyl sites for hydroxylation is 1. The summed E-state index contributed by atoms with van der Waals surface area (Å²) < 4.78 is 45.5. The standard InChI is InChI=1S/C25H27FN4O3S3/c1-16(2)11-21-13-22(18-6-7-19(23(26)12-18)15-30-9-8-27-17(30)3)24(35-21)36(32,33)29-25(31)28-14-20-5-4-10-34-20/h4-10,12-13,16H,11,14-15H2,1-3H3,(H2,28,29,31). The maximum atomic E-state index is 15.1. The van der Waals surface area contributed by atoms with Gasteiger partial charge in [0.05, 0.1) is 13.1 Å². The fourth-order valence-electron chi connectivity index (χ4n) is 3.71. The minimum Gasteiger partial charge on any atom is -0.332 e. The molecule has 0 saturated heterocycles. The van der Waals surface area contributed by atoms with Crippen LogP contribution in [0.3, 0.4) is 0 Å². The maximum Gasteiger partial charge on any atom is 0.329 e. The highest BCUT2D eigenvalue weighted by Gasteiger charge is 2.26. The molecule has 36 heavy (non-hydrogen) atoms. The first-order chi connectivity index (χ1) is 17.1. The number of imidazole rings is 1. The zero-order chi connectivity index (χ0) is 25.9. The number of carbonyl (C=O) groups is 1. The summed E-state index contributed by atoms with van der Waals surface area (Å²) in [7, 11) is -4.19. The lowest BCUT2D eigenvalue weighted by molar-refractivity contribution is 0.245. The highest BCUT2D eigenvalue weighted by molar-refractivity contribution is 7.92. The van der Waals surface area contributed by atoms with Crippen LogP contribution in [0.1, 0.15) is 35.0 Å². The molecule has 0 bridgehead atoms. The van der Waals surface area contributed by atoms with Gasteiger partial charge in [-0.1, -0.05) is 32.0 Å². The maximum absolute atomic E-state index is 15.1. The number of benzene rings is 1. The summed E-state index contributed by atoms with van der Waals surface area (Å²) in [6.07, 6.45) is 4.10. The van der Waals surface area contributed by atoms with Crippen LogP contribution >= 0.6 is 22.7 Å². The van der Waals surface area contributed by atoms with Gasteiger partial charge in [-0.15, -0.1) is 22.7 Å². The molecule has 2 amide bonds. The van der Waals surface area contributed by atoms with Crippen molar-refractivity contribution in [3.05, 3.63) is 81.1 Å². The van der Waals surface area contributed by atoms with Crippen LogP contribution in [0, 0.1) is 18.7 Å². The predicted molar refractivity (Wildman–Crippen MR) is 141 cm³/mol. The molecule has 0 spiro atoms. The number of carbonyl (C=O) groups excluding carboxylic acids is 1. The lowest BCUT2D eigenvalue weighted by atomic mass is 10.0. The van der Waals surface area contributed by atoms with Gasteiger partial charge in [-0.2, -0.15) is 0 Å². The van der Waals surface area contributed by atoms with E-state index in [9.17, 15) is 13.2 Å². The first kappa shape index (κ1) is 26.1. The van der Waals surface area contributed by atoms with Crippen molar-refractivity contribution in [2.45, 2.75) is 44.5 Å². The van der Waals surface area contributed by atoms with Gasteiger partial charge in [-0.25, -0.2) is 27.3 Å². The summed E-state index contributed by atoms with van der Waals surface area (Å²) in [5, 5.41) is 4.45. The van der Waals surface area contributed by atoms with E-state index in [1.54, 1.807) is 30.6 Å². The Bertz CT molecular complexity index is 1460. The Balaban J connectivity index is 1.61. The van der Waals surface area contributed by atoms with Crippen molar-refractivity contribution in [1.29, 1.82) is 0 Å². The summed E-state index contributed by atoms with van der Waals surface area (Å²) in [6.45, 7) is 6.46. The molecule has 0 atom stereocenters. The Morgan fingerprint density at radius 3 is 2.64 bits per heavy atom. The predicted octanol–water partition coefficient (Wildman–Crippen LogP) is 5.56. The van der Waals surface area contributed by atoms with Gasteiger partial charge in [0.15, 0.2) is 0 Å². The summed E-state index contributed by atoms with van der Waals surface area (Å²) in [4.78, 5) is 18.3. The van der Waals surface area contributed by atoms with Crippen molar-refractivity contribution in [3.8, 4) is 11.1 Å². The number of hydrogen-bond acceptors (Lipinski definition) is 6. The van der Waals surface area contributed by atoms with Crippen molar-refractivity contribution in [2.75, 3.05) is 0 Å². The molecule has 7 nitrogen and oxygen atoms in total. The van der Waals surface area contributed by atoms with E-state index in [1.807, 2.05) is 42.9 Å². The molecule has 0 radical (unpaired) electrons. The van der Waals surface area contributed by atoms with E-state index in [4.69, 9.17) is 0 Å². The van der Waals surface area contributed by atoms with E-state index in [0.29, 0.717) is 35.6 Å². The number of sulfonamides is 1. The Hall–Kier alpha value is -3.02. The van der Waals surface area contributed by atoms with Gasteiger partial charge >= 0.3 is 6.03 Å². The second kappa shape index (κ2) is 10.9. The lowest BCUT2D eigenvalue weighted by Crippen LogP contribution is -2.38. The van der Waals surface area contributed by atoms with Crippen LogP contribution in [0.15, 0.2) is 58.4 Å². The third-order valence-corrected chi connectivity index (χ3v) is 9.36. The van der Waals surface area contributed by atoms with Crippen LogP contribution < -0.4 is 10.0 Å². The number of rotatable bonds is 9. The number of thiophene rings is 2. The van der Waals surface area contributed by atoms with Gasteiger partial charge in [0.2, 0.25) is 0 Å². The van der Waals surface area contributed by atoms with Gasteiger partial charge in [0, 0.05) is 33.3 Å². The molecule has 0 saturated carbocycles. The first-order valence-electron chi connectivity index (χ1n) is 11.3. The molecular weight excluding hydrogens is 519 g/mol. The topological polar surface area (TPSA) is 93.1 Å². The Morgan fingerprint density at radius 1 is 1.19 bits per heavy atom. The minimum atomic E-state index is -4.19. The second-order valence-electron chi connectivity index (χ2n) is 8.79. The number of urea groups is 1. The molecule has 0 aliphatic carbocycles. The number of aromatic nitrogens is 2. The van der Waals surface area contributed by atoms with E-state index < -0.39 is 21.9 Å².